The Balaban J connectivity index is 2.43. The standard InChI is InChI=1S/C15H18N4O2/c1-4-7-10(2)16-17-14(20)13-11-8-5-6-9-12(11)15(21)19(3)18-13/h5-6,8-9H,4,7H2,1-3H3,(H,17,20)/b16-10-. The van der Waals surface area contributed by atoms with Crippen molar-refractivity contribution < 1.29 is 4.79 Å². The summed E-state index contributed by atoms with van der Waals surface area (Å²) in [4.78, 5) is 24.2. The van der Waals surface area contributed by atoms with Crippen molar-refractivity contribution in [3.05, 3.63) is 40.3 Å². The lowest BCUT2D eigenvalue weighted by Gasteiger charge is -2.07. The maximum absolute atomic E-state index is 12.2. The molecule has 0 radical (unpaired) electrons. The molecule has 1 heterocycles. The van der Waals surface area contributed by atoms with Crippen LogP contribution in [0.25, 0.3) is 10.8 Å². The molecule has 110 valence electrons. The van der Waals surface area contributed by atoms with Crippen molar-refractivity contribution >= 4 is 22.4 Å². The largest absolute Gasteiger partial charge is 0.292 e. The predicted octanol–water partition coefficient (Wildman–Crippen LogP) is 1.84. The van der Waals surface area contributed by atoms with Gasteiger partial charge in [-0.1, -0.05) is 31.5 Å². The number of hydrogen-bond acceptors (Lipinski definition) is 4. The highest BCUT2D eigenvalue weighted by Gasteiger charge is 2.14. The Morgan fingerprint density at radius 3 is 2.67 bits per heavy atom. The van der Waals surface area contributed by atoms with E-state index in [2.05, 4.69) is 15.6 Å². The van der Waals surface area contributed by atoms with Gasteiger partial charge < -0.3 is 0 Å². The van der Waals surface area contributed by atoms with Crippen LogP contribution in [0.4, 0.5) is 0 Å². The maximum atomic E-state index is 12.2. The lowest BCUT2D eigenvalue weighted by Crippen LogP contribution is -2.27. The summed E-state index contributed by atoms with van der Waals surface area (Å²) < 4.78 is 1.17. The van der Waals surface area contributed by atoms with Gasteiger partial charge in [-0.05, 0) is 19.4 Å². The van der Waals surface area contributed by atoms with Crippen LogP contribution in [0.2, 0.25) is 0 Å². The molecule has 21 heavy (non-hydrogen) atoms. The smallest absolute Gasteiger partial charge is 0.267 e. The van der Waals surface area contributed by atoms with Gasteiger partial charge in [0.25, 0.3) is 11.5 Å². The number of nitrogens with zero attached hydrogens (tertiary/aromatic N) is 3. The Morgan fingerprint density at radius 1 is 1.33 bits per heavy atom. The number of hydrazone groups is 1. The van der Waals surface area contributed by atoms with Gasteiger partial charge in [0.05, 0.1) is 5.39 Å². The lowest BCUT2D eigenvalue weighted by atomic mass is 10.1. The third-order valence-corrected chi connectivity index (χ3v) is 3.13. The first-order valence-corrected chi connectivity index (χ1v) is 6.84. The number of carbonyl (C=O) groups excluding carboxylic acids is 1. The number of rotatable bonds is 4. The number of carbonyl (C=O) groups is 1. The van der Waals surface area contributed by atoms with E-state index < -0.39 is 5.91 Å². The van der Waals surface area contributed by atoms with Gasteiger partial charge in [0.1, 0.15) is 0 Å². The fraction of sp³-hybridized carbons (Fsp3) is 0.333. The molecule has 1 aromatic carbocycles. The van der Waals surface area contributed by atoms with Crippen molar-refractivity contribution in [2.75, 3.05) is 0 Å². The van der Waals surface area contributed by atoms with Crippen LogP contribution in [0.5, 0.6) is 0 Å². The Morgan fingerprint density at radius 2 is 2.00 bits per heavy atom. The number of fused-ring (bicyclic) bond motifs is 1. The van der Waals surface area contributed by atoms with E-state index in [1.165, 1.54) is 11.7 Å². The second-order valence-corrected chi connectivity index (χ2v) is 4.86. The molecule has 2 aromatic rings. The first-order chi connectivity index (χ1) is 10.0. The van der Waals surface area contributed by atoms with E-state index in [0.717, 1.165) is 18.6 Å². The normalized spacial score (nSPS) is 11.7. The van der Waals surface area contributed by atoms with Gasteiger partial charge >= 0.3 is 0 Å². The van der Waals surface area contributed by atoms with E-state index in [-0.39, 0.29) is 11.3 Å². The molecule has 0 aliphatic rings. The Bertz CT molecular complexity index is 762. The quantitative estimate of drug-likeness (QED) is 0.688. The summed E-state index contributed by atoms with van der Waals surface area (Å²) in [5.41, 5.74) is 3.31. The Labute approximate surface area is 122 Å². The fourth-order valence-electron chi connectivity index (χ4n) is 2.08. The van der Waals surface area contributed by atoms with Crippen molar-refractivity contribution in [3.8, 4) is 0 Å². The van der Waals surface area contributed by atoms with Gasteiger partial charge in [0.2, 0.25) is 0 Å². The summed E-state index contributed by atoms with van der Waals surface area (Å²) in [7, 11) is 1.52. The molecule has 0 atom stereocenters. The molecule has 0 spiro atoms. The van der Waals surface area contributed by atoms with Crippen molar-refractivity contribution in [2.45, 2.75) is 26.7 Å². The average molecular weight is 286 g/mol. The number of aryl methyl sites for hydroxylation is 1. The van der Waals surface area contributed by atoms with E-state index in [0.29, 0.717) is 10.8 Å². The second-order valence-electron chi connectivity index (χ2n) is 4.86. The first-order valence-electron chi connectivity index (χ1n) is 6.84. The van der Waals surface area contributed by atoms with Crippen molar-refractivity contribution in [2.24, 2.45) is 12.1 Å². The zero-order chi connectivity index (χ0) is 15.4. The molecular formula is C15H18N4O2. The van der Waals surface area contributed by atoms with Crippen LogP contribution in [-0.4, -0.2) is 21.4 Å². The predicted molar refractivity (Wildman–Crippen MR) is 82.5 cm³/mol. The van der Waals surface area contributed by atoms with Crippen LogP contribution in [0.3, 0.4) is 0 Å². The Hall–Kier alpha value is -2.50. The molecule has 0 saturated carbocycles. The monoisotopic (exact) mass is 286 g/mol. The molecule has 0 aliphatic carbocycles. The molecule has 0 saturated heterocycles. The highest BCUT2D eigenvalue weighted by atomic mass is 16.2. The molecule has 1 N–H and O–H groups in total. The van der Waals surface area contributed by atoms with Crippen molar-refractivity contribution in [1.29, 1.82) is 0 Å². The second kappa shape index (κ2) is 6.30. The summed E-state index contributed by atoms with van der Waals surface area (Å²) in [6.45, 7) is 3.90. The van der Waals surface area contributed by atoms with E-state index in [1.54, 1.807) is 24.3 Å². The maximum Gasteiger partial charge on any atom is 0.292 e. The number of amides is 1. The van der Waals surface area contributed by atoms with E-state index in [4.69, 9.17) is 0 Å². The minimum atomic E-state index is -0.419. The van der Waals surface area contributed by atoms with Crippen LogP contribution < -0.4 is 11.0 Å². The van der Waals surface area contributed by atoms with E-state index in [1.807, 2.05) is 13.8 Å². The summed E-state index contributed by atoms with van der Waals surface area (Å²) >= 11 is 0. The van der Waals surface area contributed by atoms with Crippen molar-refractivity contribution in [3.63, 3.8) is 0 Å². The summed E-state index contributed by atoms with van der Waals surface area (Å²) in [6, 6.07) is 6.92. The van der Waals surface area contributed by atoms with Gasteiger partial charge in [0.15, 0.2) is 5.69 Å². The molecule has 0 unspecified atom stereocenters. The van der Waals surface area contributed by atoms with Gasteiger partial charge in [-0.3, -0.25) is 9.59 Å². The van der Waals surface area contributed by atoms with Gasteiger partial charge in [-0.2, -0.15) is 10.2 Å². The first kappa shape index (κ1) is 14.9. The van der Waals surface area contributed by atoms with Gasteiger partial charge in [-0.15, -0.1) is 0 Å². The van der Waals surface area contributed by atoms with Crippen LogP contribution in [0.15, 0.2) is 34.2 Å². The zero-order valence-corrected chi connectivity index (χ0v) is 12.4. The molecular weight excluding hydrogens is 268 g/mol. The van der Waals surface area contributed by atoms with E-state index >= 15 is 0 Å². The highest BCUT2D eigenvalue weighted by Crippen LogP contribution is 2.12. The Kier molecular flexibility index (Phi) is 4.47. The molecule has 0 aliphatic heterocycles. The van der Waals surface area contributed by atoms with Gasteiger partial charge in [-0.25, -0.2) is 10.1 Å². The fourth-order valence-corrected chi connectivity index (χ4v) is 2.08. The average Bonchev–Trinajstić information content (AvgIpc) is 2.49. The molecule has 6 heteroatoms. The SMILES string of the molecule is CCC/C(C)=N\NC(=O)c1nn(C)c(=O)c2ccccc12. The summed E-state index contributed by atoms with van der Waals surface area (Å²) in [6.07, 6.45) is 1.79. The molecule has 2 rings (SSSR count). The number of benzene rings is 1. The molecule has 1 amide bonds. The minimum Gasteiger partial charge on any atom is -0.267 e. The molecule has 1 aromatic heterocycles. The highest BCUT2D eigenvalue weighted by molar-refractivity contribution is 6.05. The van der Waals surface area contributed by atoms with Crippen molar-refractivity contribution in [1.82, 2.24) is 15.2 Å². The van der Waals surface area contributed by atoms with Crippen LogP contribution >= 0.6 is 0 Å². The lowest BCUT2D eigenvalue weighted by molar-refractivity contribution is 0.0949. The summed E-state index contributed by atoms with van der Waals surface area (Å²) in [5.74, 6) is -0.419. The third kappa shape index (κ3) is 3.16. The third-order valence-electron chi connectivity index (χ3n) is 3.13. The minimum absolute atomic E-state index is 0.195. The van der Waals surface area contributed by atoms with E-state index in [9.17, 15) is 9.59 Å². The van der Waals surface area contributed by atoms with Crippen LogP contribution in [0.1, 0.15) is 37.2 Å². The number of hydrogen-bond donors (Lipinski definition) is 1. The molecule has 0 fully saturated rings. The topological polar surface area (TPSA) is 76.3 Å². The zero-order valence-electron chi connectivity index (χ0n) is 12.4. The summed E-state index contributed by atoms with van der Waals surface area (Å²) in [5, 5.41) is 9.08. The van der Waals surface area contributed by atoms with Crippen LogP contribution in [0, 0.1) is 0 Å². The number of aromatic nitrogens is 2. The molecule has 6 nitrogen and oxygen atoms in total. The van der Waals surface area contributed by atoms with Gasteiger partial charge in [0, 0.05) is 18.1 Å². The number of nitrogens with one attached hydrogen (secondary N) is 1. The van der Waals surface area contributed by atoms with Crippen LogP contribution in [-0.2, 0) is 7.05 Å². The molecule has 0 bridgehead atoms.